The number of benzene rings is 1. The van der Waals surface area contributed by atoms with Crippen LogP contribution in [-0.2, 0) is 11.3 Å². The highest BCUT2D eigenvalue weighted by atomic mass is 35.5. The average Bonchev–Trinajstić information content (AvgIpc) is 3.10. The Morgan fingerprint density at radius 3 is 2.50 bits per heavy atom. The maximum atomic E-state index is 13.1. The molecule has 0 aliphatic carbocycles. The summed E-state index contributed by atoms with van der Waals surface area (Å²) in [5, 5.41) is 9.70. The highest BCUT2D eigenvalue weighted by Gasteiger charge is 2.48. The van der Waals surface area contributed by atoms with E-state index in [1.165, 1.54) is 0 Å². The fourth-order valence-corrected chi connectivity index (χ4v) is 4.10. The maximum Gasteiger partial charge on any atom is 0.322 e. The topological polar surface area (TPSA) is 96.3 Å². The Morgan fingerprint density at radius 1 is 1.21 bits per heavy atom. The van der Waals surface area contributed by atoms with Gasteiger partial charge in [0.25, 0.3) is 11.8 Å². The molecular weight excluding hydrogens is 382 g/mol. The van der Waals surface area contributed by atoms with E-state index in [0.717, 1.165) is 5.56 Å². The summed E-state index contributed by atoms with van der Waals surface area (Å²) in [5.41, 5.74) is 1.07. The van der Waals surface area contributed by atoms with Gasteiger partial charge in [-0.05, 0) is 25.3 Å². The van der Waals surface area contributed by atoms with Crippen LogP contribution in [0.3, 0.4) is 0 Å². The van der Waals surface area contributed by atoms with Gasteiger partial charge in [-0.25, -0.2) is 9.48 Å². The summed E-state index contributed by atoms with van der Waals surface area (Å²) < 4.78 is 1.62. The maximum absolute atomic E-state index is 13.1. The van der Waals surface area contributed by atoms with Crippen molar-refractivity contribution in [3.05, 3.63) is 52.3 Å². The number of nitrogens with zero attached hydrogens (tertiary/aromatic N) is 3. The van der Waals surface area contributed by atoms with Gasteiger partial charge in [-0.3, -0.25) is 14.9 Å². The van der Waals surface area contributed by atoms with Crippen molar-refractivity contribution in [2.24, 2.45) is 0 Å². The zero-order valence-electron chi connectivity index (χ0n) is 15.4. The number of rotatable bonds is 3. The minimum Gasteiger partial charge on any atom is -0.338 e. The largest absolute Gasteiger partial charge is 0.338 e. The highest BCUT2D eigenvalue weighted by molar-refractivity contribution is 6.33. The number of aromatic nitrogens is 2. The van der Waals surface area contributed by atoms with Gasteiger partial charge in [-0.2, -0.15) is 5.10 Å². The second-order valence-corrected chi connectivity index (χ2v) is 7.54. The molecule has 0 unspecified atom stereocenters. The first-order valence-electron chi connectivity index (χ1n) is 9.09. The normalized spacial score (nSPS) is 18.3. The minimum atomic E-state index is -0.913. The molecule has 0 bridgehead atoms. The first-order chi connectivity index (χ1) is 13.4. The number of carbonyl (C=O) groups is 3. The molecule has 0 saturated carbocycles. The van der Waals surface area contributed by atoms with Crippen LogP contribution in [0.1, 0.15) is 34.5 Å². The molecule has 4 amide bonds. The number of hydrogen-bond acceptors (Lipinski definition) is 4. The number of hydrogen-bond donors (Lipinski definition) is 2. The fraction of sp³-hybridized carbons (Fsp3) is 0.368. The Hall–Kier alpha value is -2.87. The van der Waals surface area contributed by atoms with Gasteiger partial charge in [0.1, 0.15) is 10.7 Å². The van der Waals surface area contributed by atoms with Crippen molar-refractivity contribution < 1.29 is 14.4 Å². The van der Waals surface area contributed by atoms with E-state index in [-0.39, 0.29) is 11.8 Å². The summed E-state index contributed by atoms with van der Waals surface area (Å²) in [6.45, 7) is 2.94. The minimum absolute atomic E-state index is 0.207. The molecule has 146 valence electrons. The molecule has 2 aliphatic rings. The number of halogens is 1. The van der Waals surface area contributed by atoms with Gasteiger partial charge in [-0.15, -0.1) is 0 Å². The van der Waals surface area contributed by atoms with Crippen LogP contribution in [0.2, 0.25) is 5.15 Å². The van der Waals surface area contributed by atoms with Gasteiger partial charge in [0.2, 0.25) is 0 Å². The van der Waals surface area contributed by atoms with Crippen molar-refractivity contribution in [1.29, 1.82) is 0 Å². The van der Waals surface area contributed by atoms with Gasteiger partial charge < -0.3 is 10.2 Å². The first kappa shape index (κ1) is 18.5. The lowest BCUT2D eigenvalue weighted by Gasteiger charge is -2.36. The van der Waals surface area contributed by atoms with E-state index in [1.54, 1.807) is 16.5 Å². The Kier molecular flexibility index (Phi) is 4.58. The molecule has 2 N–H and O–H groups in total. The molecule has 2 saturated heterocycles. The van der Waals surface area contributed by atoms with E-state index < -0.39 is 11.6 Å². The molecule has 2 aliphatic heterocycles. The van der Waals surface area contributed by atoms with Crippen LogP contribution in [0.25, 0.3) is 0 Å². The van der Waals surface area contributed by atoms with Crippen LogP contribution < -0.4 is 10.6 Å². The van der Waals surface area contributed by atoms with E-state index in [2.05, 4.69) is 15.7 Å². The predicted molar refractivity (Wildman–Crippen MR) is 102 cm³/mol. The number of amides is 4. The van der Waals surface area contributed by atoms with Crippen molar-refractivity contribution in [2.45, 2.75) is 31.8 Å². The van der Waals surface area contributed by atoms with Crippen molar-refractivity contribution in [1.82, 2.24) is 25.3 Å². The van der Waals surface area contributed by atoms with Crippen LogP contribution >= 0.6 is 11.6 Å². The molecule has 0 radical (unpaired) electrons. The monoisotopic (exact) mass is 401 g/mol. The Balaban J connectivity index is 1.50. The SMILES string of the molecule is Cc1nn(Cc2ccccc2)c(Cl)c1C(=O)N1CCC2(CC1)NC(=O)NC2=O. The molecule has 9 heteroatoms. The van der Waals surface area contributed by atoms with Crippen LogP contribution in [-0.4, -0.2) is 51.2 Å². The standard InChI is InChI=1S/C19H20ClN5O3/c1-12-14(15(20)25(23-12)11-13-5-3-2-4-6-13)16(26)24-9-7-19(8-10-24)17(27)21-18(28)22-19/h2-6H,7-11H2,1H3,(H2,21,22,27,28). The second kappa shape index (κ2) is 6.94. The highest BCUT2D eigenvalue weighted by Crippen LogP contribution is 2.29. The lowest BCUT2D eigenvalue weighted by atomic mass is 9.87. The van der Waals surface area contributed by atoms with Crippen LogP contribution in [0.15, 0.2) is 30.3 Å². The Labute approximate surface area is 166 Å². The quantitative estimate of drug-likeness (QED) is 0.765. The predicted octanol–water partition coefficient (Wildman–Crippen LogP) is 1.71. The molecule has 8 nitrogen and oxygen atoms in total. The van der Waals surface area contributed by atoms with Crippen molar-refractivity contribution in [3.63, 3.8) is 0 Å². The van der Waals surface area contributed by atoms with Gasteiger partial charge >= 0.3 is 6.03 Å². The van der Waals surface area contributed by atoms with Crippen LogP contribution in [0, 0.1) is 6.92 Å². The van der Waals surface area contributed by atoms with Gasteiger partial charge in [0.15, 0.2) is 0 Å². The smallest absolute Gasteiger partial charge is 0.322 e. The van der Waals surface area contributed by atoms with Crippen molar-refractivity contribution in [3.8, 4) is 0 Å². The van der Waals surface area contributed by atoms with E-state index in [1.807, 2.05) is 30.3 Å². The molecule has 2 fully saturated rings. The number of carbonyl (C=O) groups excluding carboxylic acids is 3. The number of imide groups is 1. The Bertz CT molecular complexity index is 948. The summed E-state index contributed by atoms with van der Waals surface area (Å²) in [5.74, 6) is -0.532. The van der Waals surface area contributed by atoms with E-state index in [4.69, 9.17) is 11.6 Å². The number of nitrogens with one attached hydrogen (secondary N) is 2. The van der Waals surface area contributed by atoms with Gasteiger partial charge in [-0.1, -0.05) is 41.9 Å². The third-order valence-corrected chi connectivity index (χ3v) is 5.76. The number of piperidine rings is 1. The van der Waals surface area contributed by atoms with Crippen LogP contribution in [0.5, 0.6) is 0 Å². The third kappa shape index (κ3) is 3.13. The van der Waals surface area contributed by atoms with Gasteiger partial charge in [0.05, 0.1) is 17.8 Å². The van der Waals surface area contributed by atoms with E-state index in [0.29, 0.717) is 48.9 Å². The fourth-order valence-electron chi connectivity index (χ4n) is 3.79. The summed E-state index contributed by atoms with van der Waals surface area (Å²) in [7, 11) is 0. The third-order valence-electron chi connectivity index (χ3n) is 5.37. The molecule has 1 spiro atoms. The lowest BCUT2D eigenvalue weighted by Crippen LogP contribution is -2.55. The summed E-state index contributed by atoms with van der Waals surface area (Å²) >= 11 is 6.49. The molecular formula is C19H20ClN5O3. The first-order valence-corrected chi connectivity index (χ1v) is 9.47. The zero-order chi connectivity index (χ0) is 19.9. The molecule has 2 aromatic rings. The summed E-state index contributed by atoms with van der Waals surface area (Å²) in [6, 6.07) is 9.27. The van der Waals surface area contributed by atoms with Crippen molar-refractivity contribution in [2.75, 3.05) is 13.1 Å². The second-order valence-electron chi connectivity index (χ2n) is 7.18. The number of aryl methyl sites for hydroxylation is 1. The van der Waals surface area contributed by atoms with E-state index >= 15 is 0 Å². The number of urea groups is 1. The molecule has 28 heavy (non-hydrogen) atoms. The Morgan fingerprint density at radius 2 is 1.89 bits per heavy atom. The van der Waals surface area contributed by atoms with E-state index in [9.17, 15) is 14.4 Å². The average molecular weight is 402 g/mol. The molecule has 4 rings (SSSR count). The molecule has 1 aromatic carbocycles. The number of likely N-dealkylation sites (tertiary alicyclic amines) is 1. The molecule has 1 aromatic heterocycles. The van der Waals surface area contributed by atoms with Crippen LogP contribution in [0.4, 0.5) is 4.79 Å². The molecule has 0 atom stereocenters. The summed E-state index contributed by atoms with van der Waals surface area (Å²) in [4.78, 5) is 38.2. The van der Waals surface area contributed by atoms with Crippen molar-refractivity contribution >= 4 is 29.4 Å². The molecule has 3 heterocycles. The summed E-state index contributed by atoms with van der Waals surface area (Å²) in [6.07, 6.45) is 0.732. The van der Waals surface area contributed by atoms with Gasteiger partial charge in [0, 0.05) is 13.1 Å². The zero-order valence-corrected chi connectivity index (χ0v) is 16.1. The lowest BCUT2D eigenvalue weighted by molar-refractivity contribution is -0.125.